The Labute approximate surface area is 287 Å². The summed E-state index contributed by atoms with van der Waals surface area (Å²) in [5.41, 5.74) is 5.39. The van der Waals surface area contributed by atoms with E-state index in [9.17, 15) is 4.79 Å². The Morgan fingerprint density at radius 1 is 0.729 bits per heavy atom. The lowest BCUT2D eigenvalue weighted by Crippen LogP contribution is -2.39. The quantitative estimate of drug-likeness (QED) is 0.162. The van der Waals surface area contributed by atoms with Crippen LogP contribution < -0.4 is 20.7 Å². The van der Waals surface area contributed by atoms with E-state index in [-0.39, 0.29) is 30.0 Å². The Bertz CT molecular complexity index is 1630. The van der Waals surface area contributed by atoms with E-state index in [1.807, 2.05) is 0 Å². The fourth-order valence-corrected chi connectivity index (χ4v) is 8.71. The average Bonchev–Trinajstić information content (AvgIpc) is 3.89. The molecule has 2 aliphatic heterocycles. The molecule has 6 heteroatoms. The van der Waals surface area contributed by atoms with Crippen LogP contribution in [0.25, 0.3) is 10.9 Å². The predicted octanol–water partition coefficient (Wildman–Crippen LogP) is 8.50. The van der Waals surface area contributed by atoms with Gasteiger partial charge in [-0.1, -0.05) is 92.8 Å². The number of benzene rings is 3. The van der Waals surface area contributed by atoms with Gasteiger partial charge in [0.05, 0.1) is 0 Å². The summed E-state index contributed by atoms with van der Waals surface area (Å²) < 4.78 is 8.82. The molecule has 254 valence electrons. The molecule has 1 amide bonds. The minimum absolute atomic E-state index is 0.0652. The molecule has 2 saturated heterocycles. The third-order valence-electron chi connectivity index (χ3n) is 11.3. The fraction of sp³-hybridized carbons (Fsp3) is 0.500. The first-order valence-corrected chi connectivity index (χ1v) is 18.8. The Morgan fingerprint density at radius 3 is 2.04 bits per heavy atom. The number of aromatic nitrogens is 1. The molecule has 5 atom stereocenters. The van der Waals surface area contributed by atoms with Crippen molar-refractivity contribution in [1.82, 2.24) is 20.5 Å². The number of carbonyl (C=O) groups excluding carboxylic acids is 1. The zero-order valence-electron chi connectivity index (χ0n) is 28.9. The summed E-state index contributed by atoms with van der Waals surface area (Å²) in [6.45, 7) is 6.56. The van der Waals surface area contributed by atoms with Gasteiger partial charge in [-0.3, -0.25) is 4.79 Å². The number of nitrogens with one attached hydrogen (secondary N) is 3. The minimum atomic E-state index is -0.123. The Kier molecular flexibility index (Phi) is 10.5. The molecule has 3 heterocycles. The van der Waals surface area contributed by atoms with Gasteiger partial charge in [-0.15, -0.1) is 0 Å². The van der Waals surface area contributed by atoms with Crippen LogP contribution in [-0.4, -0.2) is 47.8 Å². The number of hydrogen-bond acceptors (Lipinski definition) is 4. The summed E-state index contributed by atoms with van der Waals surface area (Å²) in [5.74, 6) is 0.829. The molecule has 0 radical (unpaired) electrons. The molecule has 7 rings (SSSR count). The molecule has 0 spiro atoms. The van der Waals surface area contributed by atoms with E-state index >= 15 is 0 Å². The maximum Gasteiger partial charge on any atom is 0.268 e. The van der Waals surface area contributed by atoms with Crippen molar-refractivity contribution in [3.8, 4) is 5.75 Å². The number of nitrogens with zero attached hydrogens (tertiary/aromatic N) is 1. The van der Waals surface area contributed by atoms with Gasteiger partial charge < -0.3 is 25.3 Å². The molecule has 0 bridgehead atoms. The summed E-state index contributed by atoms with van der Waals surface area (Å²) in [5, 5.41) is 12.1. The summed E-state index contributed by atoms with van der Waals surface area (Å²) in [6.07, 6.45) is 13.0. The van der Waals surface area contributed by atoms with E-state index in [2.05, 4.69) is 113 Å². The molecular formula is C42H54N4O2. The molecule has 3 fully saturated rings. The fourth-order valence-electron chi connectivity index (χ4n) is 8.71. The number of para-hydroxylation sites is 1. The van der Waals surface area contributed by atoms with E-state index in [1.54, 1.807) is 0 Å². The standard InChI is InChI=1S/C42H54N4O2/c1-29(36-20-13-27-43-36)46-38-22-12-11-19-35(38)40(41(46)42(47)45-33-17-9-4-3-5-10-18-33)39(31-15-7-6-8-16-31)32-23-25-34(26-24-32)48-30(2)37-21-14-28-44-37/h6-8,11-12,15-16,19,22-26,29-30,33,36-37,39,43-44H,3-5,9-10,13-14,17-18,20-21,27-28H2,1-2H3,(H,45,47). The zero-order chi connectivity index (χ0) is 32.9. The molecule has 3 aromatic carbocycles. The van der Waals surface area contributed by atoms with Crippen LogP contribution >= 0.6 is 0 Å². The van der Waals surface area contributed by atoms with E-state index in [0.29, 0.717) is 12.1 Å². The Morgan fingerprint density at radius 2 is 1.35 bits per heavy atom. The predicted molar refractivity (Wildman–Crippen MR) is 196 cm³/mol. The first-order chi connectivity index (χ1) is 23.6. The third-order valence-corrected chi connectivity index (χ3v) is 11.3. The van der Waals surface area contributed by atoms with E-state index in [0.717, 1.165) is 72.2 Å². The van der Waals surface area contributed by atoms with Gasteiger partial charge in [-0.25, -0.2) is 0 Å². The number of carbonyl (C=O) groups is 1. The lowest BCUT2D eigenvalue weighted by atomic mass is 9.83. The normalized spacial score (nSPS) is 22.5. The van der Waals surface area contributed by atoms with E-state index in [4.69, 9.17) is 4.74 Å². The lowest BCUT2D eigenvalue weighted by molar-refractivity contribution is 0.0917. The highest BCUT2D eigenvalue weighted by Crippen LogP contribution is 2.42. The van der Waals surface area contributed by atoms with Crippen molar-refractivity contribution in [1.29, 1.82) is 0 Å². The molecule has 3 aliphatic rings. The molecule has 1 saturated carbocycles. The summed E-state index contributed by atoms with van der Waals surface area (Å²) in [7, 11) is 0. The minimum Gasteiger partial charge on any atom is -0.489 e. The Hall–Kier alpha value is -3.61. The maximum absolute atomic E-state index is 14.9. The van der Waals surface area contributed by atoms with Crippen molar-refractivity contribution in [2.45, 2.75) is 121 Å². The third kappa shape index (κ3) is 7.06. The van der Waals surface area contributed by atoms with Crippen LogP contribution in [0, 0.1) is 0 Å². The first-order valence-electron chi connectivity index (χ1n) is 18.8. The van der Waals surface area contributed by atoms with Crippen LogP contribution in [0.3, 0.4) is 0 Å². The van der Waals surface area contributed by atoms with Gasteiger partial charge in [-0.05, 0) is 94.8 Å². The van der Waals surface area contributed by atoms with Crippen molar-refractivity contribution in [3.05, 3.63) is 101 Å². The van der Waals surface area contributed by atoms with Crippen LogP contribution in [0.4, 0.5) is 0 Å². The van der Waals surface area contributed by atoms with Crippen LogP contribution in [0.1, 0.15) is 124 Å². The van der Waals surface area contributed by atoms with Crippen molar-refractivity contribution in [2.24, 2.45) is 0 Å². The second kappa shape index (κ2) is 15.3. The zero-order valence-corrected chi connectivity index (χ0v) is 28.9. The van der Waals surface area contributed by atoms with Crippen molar-refractivity contribution in [3.63, 3.8) is 0 Å². The van der Waals surface area contributed by atoms with Crippen LogP contribution in [0.2, 0.25) is 0 Å². The molecule has 1 aromatic heterocycles. The molecule has 1 aliphatic carbocycles. The lowest BCUT2D eigenvalue weighted by Gasteiger charge is -2.28. The van der Waals surface area contributed by atoms with Gasteiger partial charge in [0, 0.05) is 46.6 Å². The number of fused-ring (bicyclic) bond motifs is 1. The van der Waals surface area contributed by atoms with Gasteiger partial charge in [0.1, 0.15) is 17.5 Å². The molecule has 4 aromatic rings. The number of amides is 1. The molecule has 48 heavy (non-hydrogen) atoms. The van der Waals surface area contributed by atoms with Gasteiger partial charge in [0.15, 0.2) is 0 Å². The molecule has 3 N–H and O–H groups in total. The van der Waals surface area contributed by atoms with Crippen LogP contribution in [-0.2, 0) is 0 Å². The maximum atomic E-state index is 14.9. The highest BCUT2D eigenvalue weighted by Gasteiger charge is 2.35. The summed E-state index contributed by atoms with van der Waals surface area (Å²) >= 11 is 0. The van der Waals surface area contributed by atoms with Crippen molar-refractivity contribution < 1.29 is 9.53 Å². The average molecular weight is 647 g/mol. The summed E-state index contributed by atoms with van der Waals surface area (Å²) in [6, 6.07) is 29.2. The monoisotopic (exact) mass is 646 g/mol. The largest absolute Gasteiger partial charge is 0.489 e. The van der Waals surface area contributed by atoms with Gasteiger partial charge in [0.25, 0.3) is 5.91 Å². The molecule has 5 unspecified atom stereocenters. The van der Waals surface area contributed by atoms with Gasteiger partial charge >= 0.3 is 0 Å². The first kappa shape index (κ1) is 32.9. The number of ether oxygens (including phenoxy) is 1. The van der Waals surface area contributed by atoms with E-state index < -0.39 is 0 Å². The highest BCUT2D eigenvalue weighted by atomic mass is 16.5. The molecular weight excluding hydrogens is 592 g/mol. The van der Waals surface area contributed by atoms with Crippen LogP contribution in [0.15, 0.2) is 78.9 Å². The second-order valence-corrected chi connectivity index (χ2v) is 14.5. The number of hydrogen-bond donors (Lipinski definition) is 3. The van der Waals surface area contributed by atoms with Crippen molar-refractivity contribution >= 4 is 16.8 Å². The Balaban J connectivity index is 1.35. The summed E-state index contributed by atoms with van der Waals surface area (Å²) in [4.78, 5) is 14.9. The topological polar surface area (TPSA) is 67.3 Å². The SMILES string of the molecule is CC(Oc1ccc(C(c2ccccc2)c2c(C(=O)NC3CCCCCCC3)n(C(C)C3CCCN3)c3ccccc23)cc1)C1CCCN1. The van der Waals surface area contributed by atoms with Gasteiger partial charge in [0.2, 0.25) is 0 Å². The highest BCUT2D eigenvalue weighted by molar-refractivity contribution is 6.03. The van der Waals surface area contributed by atoms with Crippen LogP contribution in [0.5, 0.6) is 5.75 Å². The second-order valence-electron chi connectivity index (χ2n) is 14.5. The van der Waals surface area contributed by atoms with Crippen molar-refractivity contribution in [2.75, 3.05) is 13.1 Å². The van der Waals surface area contributed by atoms with E-state index in [1.165, 1.54) is 50.5 Å². The molecule has 6 nitrogen and oxygen atoms in total. The number of rotatable bonds is 10. The van der Waals surface area contributed by atoms with Gasteiger partial charge in [-0.2, -0.15) is 0 Å². The smallest absolute Gasteiger partial charge is 0.268 e.